The maximum atomic E-state index is 11.0. The van der Waals surface area contributed by atoms with Crippen molar-refractivity contribution in [3.05, 3.63) is 23.2 Å². The van der Waals surface area contributed by atoms with Crippen LogP contribution in [0.25, 0.3) is 5.65 Å². The first-order chi connectivity index (χ1) is 7.96. The third kappa shape index (κ3) is 3.16. The molecule has 0 atom stereocenters. The molecule has 0 aliphatic rings. The number of imidazole rings is 1. The smallest absolute Gasteiger partial charge is 0.180 e. The van der Waals surface area contributed by atoms with Crippen LogP contribution in [0.4, 0.5) is 5.82 Å². The molecule has 1 N–H and O–H groups in total. The Kier molecular flexibility index (Phi) is 3.34. The lowest BCUT2D eigenvalue weighted by Gasteiger charge is -2.06. The predicted molar refractivity (Wildman–Crippen MR) is 68.9 cm³/mol. The second-order valence-electron chi connectivity index (χ2n) is 3.63. The summed E-state index contributed by atoms with van der Waals surface area (Å²) < 4.78 is 24.5. The summed E-state index contributed by atoms with van der Waals surface area (Å²) in [6.07, 6.45) is 6.44. The van der Waals surface area contributed by atoms with Crippen molar-refractivity contribution in [2.75, 3.05) is 23.9 Å². The van der Waals surface area contributed by atoms with Crippen molar-refractivity contribution in [1.29, 1.82) is 0 Å². The van der Waals surface area contributed by atoms with Crippen LogP contribution in [-0.4, -0.2) is 41.3 Å². The fourth-order valence-corrected chi connectivity index (χ4v) is 2.25. The number of hydrogen-bond acceptors (Lipinski definition) is 5. The number of fused-ring (bicyclic) bond motifs is 1. The second-order valence-corrected chi connectivity index (χ2v) is 6.70. The van der Waals surface area contributed by atoms with Crippen molar-refractivity contribution >= 4 is 37.2 Å². The molecular weight excluding hydrogens is 308 g/mol. The third-order valence-electron chi connectivity index (χ3n) is 2.11. The van der Waals surface area contributed by atoms with E-state index in [1.54, 1.807) is 23.0 Å². The van der Waals surface area contributed by atoms with Gasteiger partial charge in [0, 0.05) is 31.4 Å². The van der Waals surface area contributed by atoms with Crippen molar-refractivity contribution in [3.63, 3.8) is 0 Å². The standard InChI is InChI=1S/C9H11BrN4O2S/c1-17(15,16)5-3-11-8-9-12-2-4-14(9)6-7(10)13-8/h2,4,6H,3,5H2,1H3,(H,11,13). The maximum Gasteiger partial charge on any atom is 0.180 e. The van der Waals surface area contributed by atoms with Crippen LogP contribution in [0.2, 0.25) is 0 Å². The normalized spacial score (nSPS) is 11.9. The van der Waals surface area contributed by atoms with Gasteiger partial charge >= 0.3 is 0 Å². The minimum atomic E-state index is -2.97. The first-order valence-electron chi connectivity index (χ1n) is 4.86. The third-order valence-corrected chi connectivity index (χ3v) is 3.44. The predicted octanol–water partition coefficient (Wildman–Crippen LogP) is 0.948. The van der Waals surface area contributed by atoms with Crippen LogP contribution in [-0.2, 0) is 9.84 Å². The molecular formula is C9H11BrN4O2S. The number of rotatable bonds is 4. The van der Waals surface area contributed by atoms with Gasteiger partial charge in [0.25, 0.3) is 0 Å². The molecule has 0 bridgehead atoms. The van der Waals surface area contributed by atoms with Crippen LogP contribution in [0.3, 0.4) is 0 Å². The summed E-state index contributed by atoms with van der Waals surface area (Å²) >= 11 is 3.28. The Morgan fingerprint density at radius 1 is 1.53 bits per heavy atom. The zero-order chi connectivity index (χ0) is 12.5. The number of sulfone groups is 1. The number of nitrogens with one attached hydrogen (secondary N) is 1. The lowest BCUT2D eigenvalue weighted by Crippen LogP contribution is -2.15. The largest absolute Gasteiger partial charge is 0.366 e. The molecule has 2 rings (SSSR count). The quantitative estimate of drug-likeness (QED) is 0.908. The van der Waals surface area contributed by atoms with E-state index in [-0.39, 0.29) is 5.75 Å². The van der Waals surface area contributed by atoms with Crippen molar-refractivity contribution in [3.8, 4) is 0 Å². The highest BCUT2D eigenvalue weighted by atomic mass is 79.9. The average molecular weight is 319 g/mol. The molecule has 0 unspecified atom stereocenters. The lowest BCUT2D eigenvalue weighted by atomic mass is 10.5. The van der Waals surface area contributed by atoms with Crippen molar-refractivity contribution in [2.45, 2.75) is 0 Å². The number of halogens is 1. The van der Waals surface area contributed by atoms with Gasteiger partial charge in [-0.1, -0.05) is 0 Å². The molecule has 0 saturated carbocycles. The number of anilines is 1. The first-order valence-corrected chi connectivity index (χ1v) is 7.72. The highest BCUT2D eigenvalue weighted by Crippen LogP contribution is 2.16. The van der Waals surface area contributed by atoms with E-state index in [4.69, 9.17) is 0 Å². The highest BCUT2D eigenvalue weighted by Gasteiger charge is 2.07. The SMILES string of the molecule is CS(=O)(=O)CCNc1nc(Br)cn2ccnc12. The van der Waals surface area contributed by atoms with E-state index in [0.29, 0.717) is 22.6 Å². The first kappa shape index (κ1) is 12.3. The van der Waals surface area contributed by atoms with E-state index in [1.165, 1.54) is 6.26 Å². The van der Waals surface area contributed by atoms with Crippen LogP contribution in [0.15, 0.2) is 23.2 Å². The molecule has 0 fully saturated rings. The molecule has 6 nitrogen and oxygen atoms in total. The summed E-state index contributed by atoms with van der Waals surface area (Å²) in [4.78, 5) is 8.36. The summed E-state index contributed by atoms with van der Waals surface area (Å²) in [7, 11) is -2.97. The van der Waals surface area contributed by atoms with E-state index in [9.17, 15) is 8.42 Å². The monoisotopic (exact) mass is 318 g/mol. The van der Waals surface area contributed by atoms with Gasteiger partial charge in [0.1, 0.15) is 14.4 Å². The summed E-state index contributed by atoms with van der Waals surface area (Å²) in [6, 6.07) is 0. The van der Waals surface area contributed by atoms with Crippen LogP contribution in [0.5, 0.6) is 0 Å². The Balaban J connectivity index is 2.20. The highest BCUT2D eigenvalue weighted by molar-refractivity contribution is 9.10. The fraction of sp³-hybridized carbons (Fsp3) is 0.333. The van der Waals surface area contributed by atoms with Crippen molar-refractivity contribution in [2.24, 2.45) is 0 Å². The summed E-state index contributed by atoms with van der Waals surface area (Å²) in [6.45, 7) is 0.310. The van der Waals surface area contributed by atoms with Crippen LogP contribution >= 0.6 is 15.9 Å². The fourth-order valence-electron chi connectivity index (χ4n) is 1.37. The zero-order valence-corrected chi connectivity index (χ0v) is 11.5. The Morgan fingerprint density at radius 2 is 2.29 bits per heavy atom. The van der Waals surface area contributed by atoms with Gasteiger partial charge < -0.3 is 9.72 Å². The molecule has 2 heterocycles. The van der Waals surface area contributed by atoms with Gasteiger partial charge in [0.2, 0.25) is 0 Å². The second kappa shape index (κ2) is 4.61. The van der Waals surface area contributed by atoms with Gasteiger partial charge in [-0.25, -0.2) is 18.4 Å². The van der Waals surface area contributed by atoms with Gasteiger partial charge in [-0.3, -0.25) is 0 Å². The molecule has 8 heteroatoms. The summed E-state index contributed by atoms with van der Waals surface area (Å²) in [5.74, 6) is 0.627. The van der Waals surface area contributed by atoms with E-state index in [1.807, 2.05) is 0 Å². The van der Waals surface area contributed by atoms with Crippen LogP contribution < -0.4 is 5.32 Å². The minimum absolute atomic E-state index is 0.0636. The molecule has 2 aromatic rings. The molecule has 17 heavy (non-hydrogen) atoms. The molecule has 0 aliphatic carbocycles. The Morgan fingerprint density at radius 3 is 3.00 bits per heavy atom. The number of hydrogen-bond donors (Lipinski definition) is 1. The van der Waals surface area contributed by atoms with Gasteiger partial charge in [-0.05, 0) is 15.9 Å². The number of aromatic nitrogens is 3. The van der Waals surface area contributed by atoms with Gasteiger partial charge in [0.15, 0.2) is 11.5 Å². The van der Waals surface area contributed by atoms with Crippen molar-refractivity contribution in [1.82, 2.24) is 14.4 Å². The Labute approximate surface area is 107 Å². The van der Waals surface area contributed by atoms with Gasteiger partial charge in [0.05, 0.1) is 5.75 Å². The Bertz CT molecular complexity index is 637. The topological polar surface area (TPSA) is 76.4 Å². The Hall–Kier alpha value is -1.15. The molecule has 92 valence electrons. The lowest BCUT2D eigenvalue weighted by molar-refractivity contribution is 0.602. The van der Waals surface area contributed by atoms with E-state index in [2.05, 4.69) is 31.2 Å². The van der Waals surface area contributed by atoms with Crippen molar-refractivity contribution < 1.29 is 8.42 Å². The van der Waals surface area contributed by atoms with Crippen LogP contribution in [0, 0.1) is 0 Å². The van der Waals surface area contributed by atoms with E-state index >= 15 is 0 Å². The van der Waals surface area contributed by atoms with E-state index in [0.717, 1.165) is 0 Å². The molecule has 2 aromatic heterocycles. The maximum absolute atomic E-state index is 11.0. The molecule has 0 aliphatic heterocycles. The summed E-state index contributed by atoms with van der Waals surface area (Å²) in [5.41, 5.74) is 0.668. The minimum Gasteiger partial charge on any atom is -0.366 e. The van der Waals surface area contributed by atoms with E-state index < -0.39 is 9.84 Å². The molecule has 0 aromatic carbocycles. The van der Waals surface area contributed by atoms with Gasteiger partial charge in [-0.2, -0.15) is 0 Å². The van der Waals surface area contributed by atoms with Gasteiger partial charge in [-0.15, -0.1) is 0 Å². The molecule has 0 radical (unpaired) electrons. The number of nitrogens with zero attached hydrogens (tertiary/aromatic N) is 3. The summed E-state index contributed by atoms with van der Waals surface area (Å²) in [5, 5.41) is 2.97. The van der Waals surface area contributed by atoms with Crippen LogP contribution in [0.1, 0.15) is 0 Å². The molecule has 0 amide bonds. The average Bonchev–Trinajstić information content (AvgIpc) is 2.63. The zero-order valence-electron chi connectivity index (χ0n) is 9.09. The molecule has 0 saturated heterocycles. The molecule has 0 spiro atoms.